The Hall–Kier alpha value is -2.57. The predicted molar refractivity (Wildman–Crippen MR) is 107 cm³/mol. The van der Waals surface area contributed by atoms with Gasteiger partial charge in [0.05, 0.1) is 21.5 Å². The van der Waals surface area contributed by atoms with E-state index < -0.39 is 33.6 Å². The summed E-state index contributed by atoms with van der Waals surface area (Å²) >= 11 is 1.21. The van der Waals surface area contributed by atoms with E-state index in [2.05, 4.69) is 9.98 Å². The average Bonchev–Trinajstić information content (AvgIpc) is 3.07. The lowest BCUT2D eigenvalue weighted by Gasteiger charge is -2.22. The van der Waals surface area contributed by atoms with Crippen molar-refractivity contribution < 1.29 is 26.0 Å². The highest BCUT2D eigenvalue weighted by Crippen LogP contribution is 2.35. The standard InChI is InChI=1S/C18H16F4N4O2S2/c1-26(2)10-23-17-24-14-9-13(7-8-15(14)29-17)30(27,28)25-16(18(20,21)22)11-3-5-12(19)6-4-11/h3-10,16,25H,1-2H3/t16-/m1/s1. The van der Waals surface area contributed by atoms with Gasteiger partial charge in [0.1, 0.15) is 11.9 Å². The number of sulfonamides is 1. The monoisotopic (exact) mass is 460 g/mol. The second kappa shape index (κ2) is 8.28. The fourth-order valence-corrected chi connectivity index (χ4v) is 4.50. The lowest BCUT2D eigenvalue weighted by atomic mass is 10.1. The molecule has 1 atom stereocenters. The van der Waals surface area contributed by atoms with Gasteiger partial charge >= 0.3 is 6.18 Å². The molecule has 3 aromatic rings. The van der Waals surface area contributed by atoms with E-state index in [0.717, 1.165) is 24.3 Å². The molecular formula is C18H16F4N4O2S2. The van der Waals surface area contributed by atoms with Gasteiger partial charge in [-0.3, -0.25) is 0 Å². The van der Waals surface area contributed by atoms with Crippen LogP contribution in [0, 0.1) is 5.82 Å². The van der Waals surface area contributed by atoms with Crippen LogP contribution in [0.4, 0.5) is 22.7 Å². The van der Waals surface area contributed by atoms with E-state index in [0.29, 0.717) is 15.3 Å². The fourth-order valence-electron chi connectivity index (χ4n) is 2.48. The number of thiazole rings is 1. The number of hydrogen-bond donors (Lipinski definition) is 1. The number of alkyl halides is 3. The highest BCUT2D eigenvalue weighted by Gasteiger charge is 2.43. The Labute approximate surface area is 173 Å². The van der Waals surface area contributed by atoms with Crippen molar-refractivity contribution in [3.8, 4) is 0 Å². The van der Waals surface area contributed by atoms with Gasteiger partial charge in [0.15, 0.2) is 0 Å². The molecule has 0 saturated carbocycles. The Bertz CT molecular complexity index is 1170. The Kier molecular flexibility index (Phi) is 6.11. The highest BCUT2D eigenvalue weighted by atomic mass is 32.2. The van der Waals surface area contributed by atoms with Gasteiger partial charge in [-0.25, -0.2) is 22.8 Å². The van der Waals surface area contributed by atoms with E-state index in [1.807, 2.05) is 0 Å². The molecule has 1 aromatic heterocycles. The van der Waals surface area contributed by atoms with Crippen LogP contribution < -0.4 is 4.72 Å². The lowest BCUT2D eigenvalue weighted by molar-refractivity contribution is -0.153. The minimum absolute atomic E-state index is 0.291. The maximum atomic E-state index is 13.5. The second-order valence-electron chi connectivity index (χ2n) is 6.48. The van der Waals surface area contributed by atoms with Gasteiger partial charge < -0.3 is 4.90 Å². The van der Waals surface area contributed by atoms with Gasteiger partial charge in [0, 0.05) is 14.1 Å². The number of halogens is 4. The summed E-state index contributed by atoms with van der Waals surface area (Å²) in [5, 5.41) is 0.376. The van der Waals surface area contributed by atoms with Gasteiger partial charge in [-0.15, -0.1) is 0 Å². The van der Waals surface area contributed by atoms with Gasteiger partial charge in [0.25, 0.3) is 0 Å². The Morgan fingerprint density at radius 3 is 2.43 bits per heavy atom. The third-order valence-corrected chi connectivity index (χ3v) is 6.23. The van der Waals surface area contributed by atoms with E-state index >= 15 is 0 Å². The van der Waals surface area contributed by atoms with Crippen molar-refractivity contribution in [2.24, 2.45) is 4.99 Å². The van der Waals surface area contributed by atoms with Gasteiger partial charge in [-0.05, 0) is 35.9 Å². The van der Waals surface area contributed by atoms with E-state index in [1.54, 1.807) is 23.7 Å². The van der Waals surface area contributed by atoms with Crippen LogP contribution in [0.15, 0.2) is 52.4 Å². The summed E-state index contributed by atoms with van der Waals surface area (Å²) in [5.74, 6) is -0.732. The second-order valence-corrected chi connectivity index (χ2v) is 9.20. The number of hydrogen-bond acceptors (Lipinski definition) is 5. The maximum Gasteiger partial charge on any atom is 0.408 e. The smallest absolute Gasteiger partial charge is 0.369 e. The molecule has 0 saturated heterocycles. The summed E-state index contributed by atoms with van der Waals surface area (Å²) < 4.78 is 81.2. The third kappa shape index (κ3) is 5.12. The van der Waals surface area contributed by atoms with Crippen molar-refractivity contribution in [3.63, 3.8) is 0 Å². The van der Waals surface area contributed by atoms with E-state index in [9.17, 15) is 26.0 Å². The van der Waals surface area contributed by atoms with Crippen LogP contribution in [0.5, 0.6) is 0 Å². The minimum Gasteiger partial charge on any atom is -0.369 e. The highest BCUT2D eigenvalue weighted by molar-refractivity contribution is 7.89. The summed E-state index contributed by atoms with van der Waals surface area (Å²) in [6.45, 7) is 0. The zero-order chi connectivity index (χ0) is 22.1. The molecule has 0 aliphatic heterocycles. The zero-order valence-electron chi connectivity index (χ0n) is 15.7. The van der Waals surface area contributed by atoms with Crippen LogP contribution in [0.25, 0.3) is 10.2 Å². The molecule has 1 heterocycles. The number of aliphatic imine (C=N–C) groups is 1. The molecule has 0 radical (unpaired) electrons. The molecule has 6 nitrogen and oxygen atoms in total. The fraction of sp³-hybridized carbons (Fsp3) is 0.222. The first-order valence-corrected chi connectivity index (χ1v) is 10.7. The Morgan fingerprint density at radius 1 is 1.17 bits per heavy atom. The normalized spacial score (nSPS) is 13.8. The van der Waals surface area contributed by atoms with Crippen molar-refractivity contribution in [2.75, 3.05) is 14.1 Å². The molecule has 0 aliphatic carbocycles. The lowest BCUT2D eigenvalue weighted by Crippen LogP contribution is -2.38. The van der Waals surface area contributed by atoms with Crippen molar-refractivity contribution >= 4 is 43.0 Å². The summed E-state index contributed by atoms with van der Waals surface area (Å²) in [6, 6.07) is 4.73. The first-order chi connectivity index (χ1) is 14.0. The van der Waals surface area contributed by atoms with Crippen LogP contribution in [-0.4, -0.2) is 44.9 Å². The molecule has 160 valence electrons. The van der Waals surface area contributed by atoms with Crippen molar-refractivity contribution in [3.05, 3.63) is 53.8 Å². The van der Waals surface area contributed by atoms with Crippen molar-refractivity contribution in [2.45, 2.75) is 17.1 Å². The molecule has 0 unspecified atom stereocenters. The number of nitrogens with one attached hydrogen (secondary N) is 1. The molecule has 0 bridgehead atoms. The first kappa shape index (κ1) is 22.1. The first-order valence-electron chi connectivity index (χ1n) is 8.41. The van der Waals surface area contributed by atoms with Gasteiger partial charge in [-0.2, -0.15) is 17.9 Å². The number of nitrogens with zero attached hydrogens (tertiary/aromatic N) is 3. The molecule has 1 N–H and O–H groups in total. The Morgan fingerprint density at radius 2 is 1.83 bits per heavy atom. The van der Waals surface area contributed by atoms with E-state index in [4.69, 9.17) is 0 Å². The molecule has 0 aliphatic rings. The largest absolute Gasteiger partial charge is 0.408 e. The molecule has 0 spiro atoms. The Balaban J connectivity index is 1.94. The number of benzene rings is 2. The molecule has 0 amide bonds. The summed E-state index contributed by atoms with van der Waals surface area (Å²) in [4.78, 5) is 9.64. The number of rotatable bonds is 6. The molecular weight excluding hydrogens is 444 g/mol. The minimum atomic E-state index is -4.93. The molecule has 0 fully saturated rings. The third-order valence-electron chi connectivity index (χ3n) is 3.86. The predicted octanol–water partition coefficient (Wildman–Crippen LogP) is 4.24. The number of aromatic nitrogens is 1. The average molecular weight is 460 g/mol. The topological polar surface area (TPSA) is 74.7 Å². The van der Waals surface area contributed by atoms with Crippen LogP contribution in [-0.2, 0) is 10.0 Å². The van der Waals surface area contributed by atoms with Crippen LogP contribution in [0.3, 0.4) is 0 Å². The summed E-state index contributed by atoms with van der Waals surface area (Å²) in [5.41, 5.74) is -0.137. The molecule has 12 heteroatoms. The molecule has 30 heavy (non-hydrogen) atoms. The quantitative estimate of drug-likeness (QED) is 0.339. The SMILES string of the molecule is CN(C)C=Nc1nc2cc(S(=O)(=O)N[C@H](c3ccc(F)cc3)C(F)(F)F)ccc2s1. The van der Waals surface area contributed by atoms with Gasteiger partial charge in [-0.1, -0.05) is 23.5 Å². The maximum absolute atomic E-state index is 13.5. The van der Waals surface area contributed by atoms with Gasteiger partial charge in [0.2, 0.25) is 15.2 Å². The van der Waals surface area contributed by atoms with Crippen molar-refractivity contribution in [1.82, 2.24) is 14.6 Å². The molecule has 2 aromatic carbocycles. The summed E-state index contributed by atoms with van der Waals surface area (Å²) in [6.07, 6.45) is -3.41. The van der Waals surface area contributed by atoms with Crippen LogP contribution >= 0.6 is 11.3 Å². The van der Waals surface area contributed by atoms with Crippen molar-refractivity contribution in [1.29, 1.82) is 0 Å². The van der Waals surface area contributed by atoms with Crippen LogP contribution in [0.2, 0.25) is 0 Å². The number of fused-ring (bicyclic) bond motifs is 1. The molecule has 3 rings (SSSR count). The van der Waals surface area contributed by atoms with E-state index in [1.165, 1.54) is 35.9 Å². The zero-order valence-corrected chi connectivity index (χ0v) is 17.3. The van der Waals surface area contributed by atoms with Crippen LogP contribution in [0.1, 0.15) is 11.6 Å². The summed E-state index contributed by atoms with van der Waals surface area (Å²) in [7, 11) is -1.02. The van der Waals surface area contributed by atoms with E-state index in [-0.39, 0.29) is 4.90 Å².